The first-order valence-corrected chi connectivity index (χ1v) is 17.7. The molecule has 3 heterocycles. The summed E-state index contributed by atoms with van der Waals surface area (Å²) in [6, 6.07) is -0.267. The Morgan fingerprint density at radius 3 is 2.02 bits per heavy atom. The van der Waals surface area contributed by atoms with Crippen LogP contribution in [-0.4, -0.2) is 122 Å². The number of rotatable bonds is 13. The van der Waals surface area contributed by atoms with Crippen LogP contribution >= 0.6 is 0 Å². The number of ketones is 1. The van der Waals surface area contributed by atoms with Crippen LogP contribution in [0.2, 0.25) is 0 Å². The van der Waals surface area contributed by atoms with Gasteiger partial charge in [0.1, 0.15) is 29.2 Å². The molecule has 0 bridgehead atoms. The van der Waals surface area contributed by atoms with Gasteiger partial charge in [-0.15, -0.1) is 0 Å². The molecule has 47 heavy (non-hydrogen) atoms. The molecular weight excluding hydrogens is 602 g/mol. The molecule has 13 heteroatoms. The van der Waals surface area contributed by atoms with Crippen LogP contribution in [0.3, 0.4) is 0 Å². The van der Waals surface area contributed by atoms with Crippen molar-refractivity contribution in [1.82, 2.24) is 19.8 Å². The van der Waals surface area contributed by atoms with Crippen LogP contribution in [0.25, 0.3) is 0 Å². The number of nitrogens with zero attached hydrogens (tertiary/aromatic N) is 7. The number of hydrogen-bond acceptors (Lipinski definition) is 11. The smallest absolute Gasteiger partial charge is 0.409 e. The molecule has 13 nitrogen and oxygen atoms in total. The molecule has 2 amide bonds. The number of carbonyl (C=O) groups excluding carboxylic acids is 4. The van der Waals surface area contributed by atoms with Crippen LogP contribution in [0.1, 0.15) is 96.8 Å². The molecule has 0 spiro atoms. The lowest BCUT2D eigenvalue weighted by atomic mass is 9.72. The molecule has 0 radical (unpaired) electrons. The lowest BCUT2D eigenvalue weighted by Crippen LogP contribution is -2.53. The third-order valence-corrected chi connectivity index (χ3v) is 9.98. The zero-order chi connectivity index (χ0) is 34.1. The highest BCUT2D eigenvalue weighted by atomic mass is 16.6. The number of carbonyl (C=O) groups is 4. The van der Waals surface area contributed by atoms with Gasteiger partial charge in [0.15, 0.2) is 5.78 Å². The maximum atomic E-state index is 13.9. The van der Waals surface area contributed by atoms with E-state index in [1.807, 2.05) is 13.8 Å². The highest BCUT2D eigenvalue weighted by Crippen LogP contribution is 2.41. The molecular formula is C34H55N7O6. The number of ether oxygens (including phenoxy) is 2. The first kappa shape index (κ1) is 36.2. The SMILES string of the molecule is CCOC(=O)C1(C(=O)N2CCCC2COC(=O)N2CCN(c3nc(N(CC)CC)nc(N(CC)CC)c3C(C)=O)CC2)CCCCC1. The van der Waals surface area contributed by atoms with E-state index in [1.54, 1.807) is 23.6 Å². The molecule has 3 aliphatic rings. The van der Waals surface area contributed by atoms with Crippen molar-refractivity contribution in [2.45, 2.75) is 92.5 Å². The highest BCUT2D eigenvalue weighted by molar-refractivity contribution is 6.04. The number of likely N-dealkylation sites (tertiary alicyclic amines) is 1. The largest absolute Gasteiger partial charge is 0.465 e. The predicted molar refractivity (Wildman–Crippen MR) is 181 cm³/mol. The van der Waals surface area contributed by atoms with E-state index in [2.05, 4.69) is 28.5 Å². The van der Waals surface area contributed by atoms with Gasteiger partial charge in [0.25, 0.3) is 0 Å². The van der Waals surface area contributed by atoms with Crippen molar-refractivity contribution in [2.24, 2.45) is 5.41 Å². The summed E-state index contributed by atoms with van der Waals surface area (Å²) in [6.07, 6.45) is 4.74. The standard InChI is InChI=1S/C34H55N7O6/c1-7-37(8-2)28-27(25(6)42)29(36-32(35-28)38(9-3)10-4)39-20-22-40(23-21-39)33(45)47-24-26-16-15-19-41(26)30(43)34(31(44)46-11-5)17-13-12-14-18-34/h26H,7-24H2,1-6H3. The third kappa shape index (κ3) is 7.75. The molecule has 262 valence electrons. The number of aromatic nitrogens is 2. The zero-order valence-electron chi connectivity index (χ0n) is 29.4. The molecule has 1 aliphatic carbocycles. The Hall–Kier alpha value is -3.64. The van der Waals surface area contributed by atoms with Crippen molar-refractivity contribution in [3.8, 4) is 0 Å². The van der Waals surface area contributed by atoms with E-state index in [0.717, 1.165) is 45.2 Å². The molecule has 1 unspecified atom stereocenters. The van der Waals surface area contributed by atoms with E-state index in [4.69, 9.17) is 19.4 Å². The van der Waals surface area contributed by atoms with E-state index in [0.29, 0.717) is 81.8 Å². The average molecular weight is 658 g/mol. The minimum atomic E-state index is -1.13. The van der Waals surface area contributed by atoms with E-state index < -0.39 is 17.5 Å². The highest BCUT2D eigenvalue weighted by Gasteiger charge is 2.51. The Morgan fingerprint density at radius 2 is 1.45 bits per heavy atom. The van der Waals surface area contributed by atoms with Gasteiger partial charge in [-0.25, -0.2) is 4.79 Å². The van der Waals surface area contributed by atoms with Crippen LogP contribution in [0.15, 0.2) is 0 Å². The zero-order valence-corrected chi connectivity index (χ0v) is 29.4. The van der Waals surface area contributed by atoms with Gasteiger partial charge in [0.2, 0.25) is 11.9 Å². The number of amides is 2. The Kier molecular flexibility index (Phi) is 12.7. The summed E-state index contributed by atoms with van der Waals surface area (Å²) >= 11 is 0. The van der Waals surface area contributed by atoms with Crippen LogP contribution in [0.4, 0.5) is 22.4 Å². The fourth-order valence-electron chi connectivity index (χ4n) is 7.21. The molecule has 3 fully saturated rings. The summed E-state index contributed by atoms with van der Waals surface area (Å²) in [6.45, 7) is 17.1. The second kappa shape index (κ2) is 16.5. The molecule has 0 aromatic carbocycles. The Bertz CT molecular complexity index is 1250. The molecule has 4 rings (SSSR count). The van der Waals surface area contributed by atoms with Crippen LogP contribution in [-0.2, 0) is 19.1 Å². The van der Waals surface area contributed by atoms with Gasteiger partial charge in [-0.1, -0.05) is 19.3 Å². The molecule has 1 aromatic rings. The van der Waals surface area contributed by atoms with Crippen molar-refractivity contribution in [1.29, 1.82) is 0 Å². The maximum Gasteiger partial charge on any atom is 0.409 e. The number of hydrogen-bond donors (Lipinski definition) is 0. The van der Waals surface area contributed by atoms with Gasteiger partial charge < -0.3 is 34.0 Å². The maximum absolute atomic E-state index is 13.9. The molecule has 1 aromatic heterocycles. The summed E-state index contributed by atoms with van der Waals surface area (Å²) in [4.78, 5) is 72.7. The lowest BCUT2D eigenvalue weighted by Gasteiger charge is -2.39. The van der Waals surface area contributed by atoms with Gasteiger partial charge in [-0.2, -0.15) is 9.97 Å². The molecule has 0 N–H and O–H groups in total. The Morgan fingerprint density at radius 1 is 0.809 bits per heavy atom. The fraction of sp³-hybridized carbons (Fsp3) is 0.765. The number of Topliss-reactive ketones (excluding diaryl/α,β-unsaturated/α-hetero) is 1. The predicted octanol–water partition coefficient (Wildman–Crippen LogP) is 4.13. The summed E-state index contributed by atoms with van der Waals surface area (Å²) in [5.74, 6) is 1.14. The van der Waals surface area contributed by atoms with Crippen molar-refractivity contribution in [2.75, 3.05) is 86.8 Å². The van der Waals surface area contributed by atoms with Gasteiger partial charge in [-0.3, -0.25) is 14.4 Å². The molecule has 2 aliphatic heterocycles. The normalized spacial score (nSPS) is 19.4. The number of piperazine rings is 1. The molecule has 1 atom stereocenters. The lowest BCUT2D eigenvalue weighted by molar-refractivity contribution is -0.168. The summed E-state index contributed by atoms with van der Waals surface area (Å²) in [5, 5.41) is 0. The molecule has 1 saturated carbocycles. The van der Waals surface area contributed by atoms with E-state index >= 15 is 0 Å². The van der Waals surface area contributed by atoms with E-state index in [9.17, 15) is 19.2 Å². The van der Waals surface area contributed by atoms with Gasteiger partial charge in [0.05, 0.1) is 12.6 Å². The van der Waals surface area contributed by atoms with E-state index in [1.165, 1.54) is 0 Å². The topological polar surface area (TPSA) is 129 Å². The van der Waals surface area contributed by atoms with Gasteiger partial charge >= 0.3 is 12.1 Å². The first-order valence-electron chi connectivity index (χ1n) is 17.7. The number of esters is 1. The Labute approximate surface area is 279 Å². The fourth-order valence-corrected chi connectivity index (χ4v) is 7.21. The van der Waals surface area contributed by atoms with Crippen molar-refractivity contribution in [3.63, 3.8) is 0 Å². The first-order chi connectivity index (χ1) is 22.6. The quantitative estimate of drug-likeness (QED) is 0.173. The summed E-state index contributed by atoms with van der Waals surface area (Å²) in [7, 11) is 0. The van der Waals surface area contributed by atoms with Crippen LogP contribution < -0.4 is 14.7 Å². The van der Waals surface area contributed by atoms with Gasteiger partial charge in [-0.05, 0) is 67.2 Å². The number of anilines is 3. The van der Waals surface area contributed by atoms with Gasteiger partial charge in [0, 0.05) is 58.9 Å². The minimum Gasteiger partial charge on any atom is -0.465 e. The van der Waals surface area contributed by atoms with Crippen molar-refractivity contribution in [3.05, 3.63) is 5.56 Å². The summed E-state index contributed by atoms with van der Waals surface area (Å²) in [5.41, 5.74) is -0.627. The van der Waals surface area contributed by atoms with Crippen molar-refractivity contribution >= 4 is 41.3 Å². The third-order valence-electron chi connectivity index (χ3n) is 9.98. The van der Waals surface area contributed by atoms with Crippen molar-refractivity contribution < 1.29 is 28.7 Å². The van der Waals surface area contributed by atoms with Crippen LogP contribution in [0.5, 0.6) is 0 Å². The second-order valence-corrected chi connectivity index (χ2v) is 12.7. The van der Waals surface area contributed by atoms with E-state index in [-0.39, 0.29) is 30.9 Å². The monoisotopic (exact) mass is 657 g/mol. The second-order valence-electron chi connectivity index (χ2n) is 12.7. The molecule has 2 saturated heterocycles. The van der Waals surface area contributed by atoms with Crippen LogP contribution in [0, 0.1) is 5.41 Å². The Balaban J connectivity index is 1.44. The average Bonchev–Trinajstić information content (AvgIpc) is 3.56. The minimum absolute atomic E-state index is 0.0878. The summed E-state index contributed by atoms with van der Waals surface area (Å²) < 4.78 is 11.2.